The Hall–Kier alpha value is -0.810. The summed E-state index contributed by atoms with van der Waals surface area (Å²) >= 11 is 0. The molecule has 2 rings (SSSR count). The van der Waals surface area contributed by atoms with Crippen LogP contribution in [0.3, 0.4) is 0 Å². The number of azide groups is 1. The van der Waals surface area contributed by atoms with Crippen LogP contribution in [0.5, 0.6) is 0 Å². The van der Waals surface area contributed by atoms with Gasteiger partial charge in [-0.1, -0.05) is 5.11 Å². The first-order valence-corrected chi connectivity index (χ1v) is 4.60. The maximum Gasteiger partial charge on any atom is 0.164 e. The Labute approximate surface area is 81.8 Å². The summed E-state index contributed by atoms with van der Waals surface area (Å²) in [6.45, 7) is 4.56. The van der Waals surface area contributed by atoms with Crippen LogP contribution in [-0.2, 0) is 14.2 Å². The Kier molecular flexibility index (Phi) is 2.36. The molecule has 2 fully saturated rings. The first-order valence-electron chi connectivity index (χ1n) is 4.60. The molecule has 0 spiro atoms. The zero-order chi connectivity index (χ0) is 10.2. The van der Waals surface area contributed by atoms with E-state index >= 15 is 0 Å². The maximum atomic E-state index is 8.20. The summed E-state index contributed by atoms with van der Waals surface area (Å²) in [4.78, 5) is 2.70. The molecular formula is C8H13N3O3. The van der Waals surface area contributed by atoms with Crippen LogP contribution >= 0.6 is 0 Å². The molecule has 0 radical (unpaired) electrons. The van der Waals surface area contributed by atoms with E-state index in [1.165, 1.54) is 0 Å². The fourth-order valence-electron chi connectivity index (χ4n) is 1.89. The van der Waals surface area contributed by atoms with Crippen LogP contribution in [0.4, 0.5) is 0 Å². The Morgan fingerprint density at radius 3 is 3.00 bits per heavy atom. The molecule has 0 aliphatic carbocycles. The van der Waals surface area contributed by atoms with Crippen LogP contribution in [0.15, 0.2) is 5.11 Å². The van der Waals surface area contributed by atoms with Gasteiger partial charge in [0.2, 0.25) is 0 Å². The van der Waals surface area contributed by atoms with Gasteiger partial charge in [0.05, 0.1) is 19.3 Å². The van der Waals surface area contributed by atoms with Gasteiger partial charge in [-0.2, -0.15) is 0 Å². The summed E-state index contributed by atoms with van der Waals surface area (Å²) in [6.07, 6.45) is -0.294. The summed E-state index contributed by atoms with van der Waals surface area (Å²) in [7, 11) is 0. The van der Waals surface area contributed by atoms with Crippen molar-refractivity contribution in [3.63, 3.8) is 0 Å². The predicted molar refractivity (Wildman–Crippen MR) is 47.6 cm³/mol. The molecule has 0 N–H and O–H groups in total. The van der Waals surface area contributed by atoms with Crippen molar-refractivity contribution in [3.05, 3.63) is 10.4 Å². The lowest BCUT2D eigenvalue weighted by Gasteiger charge is -2.20. The summed E-state index contributed by atoms with van der Waals surface area (Å²) in [5, 5.41) is 3.48. The van der Waals surface area contributed by atoms with E-state index in [-0.39, 0.29) is 18.3 Å². The van der Waals surface area contributed by atoms with Crippen LogP contribution in [0.1, 0.15) is 13.8 Å². The monoisotopic (exact) mass is 199 g/mol. The van der Waals surface area contributed by atoms with E-state index in [4.69, 9.17) is 19.7 Å². The van der Waals surface area contributed by atoms with Gasteiger partial charge in [-0.15, -0.1) is 0 Å². The lowest BCUT2D eigenvalue weighted by atomic mass is 10.1. The third-order valence-corrected chi connectivity index (χ3v) is 2.39. The van der Waals surface area contributed by atoms with Crippen molar-refractivity contribution in [3.8, 4) is 0 Å². The van der Waals surface area contributed by atoms with E-state index < -0.39 is 5.79 Å². The molecule has 6 nitrogen and oxygen atoms in total. The number of hydrogen-bond acceptors (Lipinski definition) is 4. The fraction of sp³-hybridized carbons (Fsp3) is 1.00. The van der Waals surface area contributed by atoms with Crippen molar-refractivity contribution >= 4 is 0 Å². The summed E-state index contributed by atoms with van der Waals surface area (Å²) in [5.74, 6) is -0.548. The summed E-state index contributed by atoms with van der Waals surface area (Å²) in [5.41, 5.74) is 8.20. The molecule has 0 aromatic carbocycles. The molecule has 0 aromatic heterocycles. The van der Waals surface area contributed by atoms with Gasteiger partial charge in [0.25, 0.3) is 0 Å². The van der Waals surface area contributed by atoms with Crippen LogP contribution in [0.2, 0.25) is 0 Å². The molecule has 0 amide bonds. The Morgan fingerprint density at radius 1 is 1.50 bits per heavy atom. The molecule has 0 saturated carbocycles. The van der Waals surface area contributed by atoms with E-state index in [9.17, 15) is 0 Å². The molecular weight excluding hydrogens is 186 g/mol. The van der Waals surface area contributed by atoms with Crippen molar-refractivity contribution in [1.82, 2.24) is 0 Å². The molecule has 0 bridgehead atoms. The number of nitrogens with zero attached hydrogens (tertiary/aromatic N) is 3. The molecule has 2 aliphatic rings. The third-order valence-electron chi connectivity index (χ3n) is 2.39. The van der Waals surface area contributed by atoms with Gasteiger partial charge in [-0.25, -0.2) is 0 Å². The highest BCUT2D eigenvalue weighted by Gasteiger charge is 2.49. The standard InChI is InChI=1S/C8H13N3O3/c1-8(2)13-6-4-12-5(3-10-11-9)7(6)14-8/h5-7H,3-4H2,1-2H3/t5-,6+,7+/m1/s1. The van der Waals surface area contributed by atoms with Crippen LogP contribution in [-0.4, -0.2) is 37.3 Å². The molecule has 78 valence electrons. The Balaban J connectivity index is 2.01. The van der Waals surface area contributed by atoms with Crippen molar-refractivity contribution in [1.29, 1.82) is 0 Å². The molecule has 0 unspecified atom stereocenters. The first-order chi connectivity index (χ1) is 6.62. The van der Waals surface area contributed by atoms with Gasteiger partial charge >= 0.3 is 0 Å². The highest BCUT2D eigenvalue weighted by Crippen LogP contribution is 2.35. The minimum atomic E-state index is -0.548. The van der Waals surface area contributed by atoms with Gasteiger partial charge in [-0.3, -0.25) is 0 Å². The van der Waals surface area contributed by atoms with Gasteiger partial charge in [0.15, 0.2) is 5.79 Å². The minimum Gasteiger partial charge on any atom is -0.372 e. The third kappa shape index (κ3) is 1.69. The quantitative estimate of drug-likeness (QED) is 0.381. The van der Waals surface area contributed by atoms with Crippen molar-refractivity contribution in [2.75, 3.05) is 13.2 Å². The zero-order valence-corrected chi connectivity index (χ0v) is 8.21. The van der Waals surface area contributed by atoms with Gasteiger partial charge in [-0.05, 0) is 19.4 Å². The maximum absolute atomic E-state index is 8.20. The minimum absolute atomic E-state index is 0.0242. The molecule has 2 heterocycles. The molecule has 3 atom stereocenters. The van der Waals surface area contributed by atoms with Crippen LogP contribution in [0, 0.1) is 0 Å². The number of hydrogen-bond donors (Lipinski definition) is 0. The van der Waals surface area contributed by atoms with E-state index in [2.05, 4.69) is 10.0 Å². The normalized spacial score (nSPS) is 39.1. The SMILES string of the molecule is CC1(C)O[C@@H]2[C@H](CO[C@@H]2CN=[N+]=[N-])O1. The van der Waals surface area contributed by atoms with E-state index in [1.54, 1.807) is 0 Å². The highest BCUT2D eigenvalue weighted by atomic mass is 16.8. The smallest absolute Gasteiger partial charge is 0.164 e. The van der Waals surface area contributed by atoms with Crippen molar-refractivity contribution < 1.29 is 14.2 Å². The molecule has 6 heteroatoms. The highest BCUT2D eigenvalue weighted by molar-refractivity contribution is 4.93. The second-order valence-corrected chi connectivity index (χ2v) is 3.92. The predicted octanol–water partition coefficient (Wildman–Crippen LogP) is 1.22. The number of rotatable bonds is 2. The van der Waals surface area contributed by atoms with Crippen LogP contribution in [0.25, 0.3) is 10.4 Å². The second-order valence-electron chi connectivity index (χ2n) is 3.92. The lowest BCUT2D eigenvalue weighted by molar-refractivity contribution is -0.173. The summed E-state index contributed by atoms with van der Waals surface area (Å²) in [6, 6.07) is 0. The number of fused-ring (bicyclic) bond motifs is 1. The van der Waals surface area contributed by atoms with Crippen LogP contribution < -0.4 is 0 Å². The van der Waals surface area contributed by atoms with Gasteiger partial charge < -0.3 is 14.2 Å². The molecule has 0 aromatic rings. The van der Waals surface area contributed by atoms with Gasteiger partial charge in [0.1, 0.15) is 12.2 Å². The molecule has 2 saturated heterocycles. The fourth-order valence-corrected chi connectivity index (χ4v) is 1.89. The zero-order valence-electron chi connectivity index (χ0n) is 8.21. The van der Waals surface area contributed by atoms with Gasteiger partial charge in [0, 0.05) is 4.91 Å². The summed E-state index contributed by atoms with van der Waals surface area (Å²) < 4.78 is 16.7. The Morgan fingerprint density at radius 2 is 2.29 bits per heavy atom. The largest absolute Gasteiger partial charge is 0.372 e. The van der Waals surface area contributed by atoms with Crippen molar-refractivity contribution in [2.45, 2.75) is 37.9 Å². The average Bonchev–Trinajstić information content (AvgIpc) is 2.57. The molecule has 2 aliphatic heterocycles. The second kappa shape index (κ2) is 3.40. The first kappa shape index (κ1) is 9.73. The lowest BCUT2D eigenvalue weighted by Crippen LogP contribution is -2.31. The van der Waals surface area contributed by atoms with E-state index in [0.29, 0.717) is 13.2 Å². The number of ether oxygens (including phenoxy) is 3. The van der Waals surface area contributed by atoms with E-state index in [1.807, 2.05) is 13.8 Å². The van der Waals surface area contributed by atoms with Crippen molar-refractivity contribution in [2.24, 2.45) is 5.11 Å². The Bertz CT molecular complexity index is 275. The average molecular weight is 199 g/mol. The van der Waals surface area contributed by atoms with E-state index in [0.717, 1.165) is 0 Å². The topological polar surface area (TPSA) is 76.5 Å². The molecule has 14 heavy (non-hydrogen) atoms.